The summed E-state index contributed by atoms with van der Waals surface area (Å²) in [7, 11) is 0. The molecule has 2 amide bonds. The van der Waals surface area contributed by atoms with Gasteiger partial charge in [0.25, 0.3) is 0 Å². The molecule has 0 aliphatic heterocycles. The largest absolute Gasteiger partial charge is 0.395 e. The van der Waals surface area contributed by atoms with Crippen molar-refractivity contribution in [3.05, 3.63) is 24.5 Å². The van der Waals surface area contributed by atoms with Crippen molar-refractivity contribution >= 4 is 11.7 Å². The first-order valence-electron chi connectivity index (χ1n) is 5.84. The van der Waals surface area contributed by atoms with E-state index in [2.05, 4.69) is 17.2 Å². The van der Waals surface area contributed by atoms with E-state index in [1.807, 2.05) is 0 Å². The topological polar surface area (TPSA) is 65.5 Å². The minimum atomic E-state index is -0.182. The number of aliphatic hydroxyl groups is 1. The van der Waals surface area contributed by atoms with Gasteiger partial charge in [-0.25, -0.2) is 4.79 Å². The molecule has 1 rings (SSSR count). The minimum absolute atomic E-state index is 0.0204. The Morgan fingerprint density at radius 3 is 2.71 bits per heavy atom. The molecule has 0 aromatic carbocycles. The highest BCUT2D eigenvalue weighted by atomic mass is 16.3. The average Bonchev–Trinajstić information content (AvgIpc) is 2.35. The zero-order chi connectivity index (χ0) is 12.5. The van der Waals surface area contributed by atoms with Crippen LogP contribution in [0.5, 0.6) is 0 Å². The summed E-state index contributed by atoms with van der Waals surface area (Å²) >= 11 is 0. The fourth-order valence-electron chi connectivity index (χ4n) is 1.42. The maximum absolute atomic E-state index is 11.9. The number of carbonyl (C=O) groups is 1. The Balaban J connectivity index is 2.52. The van der Waals surface area contributed by atoms with Crippen molar-refractivity contribution in [2.45, 2.75) is 19.8 Å². The van der Waals surface area contributed by atoms with Crippen LogP contribution >= 0.6 is 0 Å². The van der Waals surface area contributed by atoms with E-state index in [0.29, 0.717) is 18.8 Å². The molecule has 0 aliphatic carbocycles. The Morgan fingerprint density at radius 1 is 1.41 bits per heavy atom. The summed E-state index contributed by atoms with van der Waals surface area (Å²) in [6.45, 7) is 3.07. The summed E-state index contributed by atoms with van der Waals surface area (Å²) in [4.78, 5) is 17.4. The normalized spacial score (nSPS) is 10.0. The zero-order valence-corrected chi connectivity index (χ0v) is 10.1. The summed E-state index contributed by atoms with van der Waals surface area (Å²) < 4.78 is 0. The lowest BCUT2D eigenvalue weighted by Gasteiger charge is -2.21. The van der Waals surface area contributed by atoms with Crippen LogP contribution in [0, 0.1) is 0 Å². The van der Waals surface area contributed by atoms with E-state index >= 15 is 0 Å². The van der Waals surface area contributed by atoms with Gasteiger partial charge in [-0.05, 0) is 18.6 Å². The molecule has 5 nitrogen and oxygen atoms in total. The van der Waals surface area contributed by atoms with Crippen LogP contribution in [0.3, 0.4) is 0 Å². The van der Waals surface area contributed by atoms with Crippen LogP contribution in [0.25, 0.3) is 0 Å². The Morgan fingerprint density at radius 2 is 2.12 bits per heavy atom. The van der Waals surface area contributed by atoms with E-state index in [4.69, 9.17) is 5.11 Å². The Labute approximate surface area is 101 Å². The zero-order valence-electron chi connectivity index (χ0n) is 10.1. The number of hydrogen-bond donors (Lipinski definition) is 2. The van der Waals surface area contributed by atoms with Gasteiger partial charge in [-0.15, -0.1) is 0 Å². The van der Waals surface area contributed by atoms with Crippen molar-refractivity contribution in [3.8, 4) is 0 Å². The summed E-state index contributed by atoms with van der Waals surface area (Å²) in [6.07, 6.45) is 5.20. The van der Waals surface area contributed by atoms with Crippen LogP contribution in [-0.2, 0) is 0 Å². The molecule has 2 N–H and O–H groups in total. The molecule has 0 atom stereocenters. The molecule has 0 bridgehead atoms. The predicted molar refractivity (Wildman–Crippen MR) is 66.8 cm³/mol. The van der Waals surface area contributed by atoms with Crippen molar-refractivity contribution in [1.29, 1.82) is 0 Å². The number of carbonyl (C=O) groups excluding carboxylic acids is 1. The fraction of sp³-hybridized carbons (Fsp3) is 0.500. The Bertz CT molecular complexity index is 330. The first kappa shape index (κ1) is 13.4. The molecule has 0 fully saturated rings. The molecule has 1 aromatic heterocycles. The lowest BCUT2D eigenvalue weighted by Crippen LogP contribution is -2.37. The second-order valence-electron chi connectivity index (χ2n) is 3.73. The number of hydrogen-bond acceptors (Lipinski definition) is 3. The quantitative estimate of drug-likeness (QED) is 0.791. The number of nitrogens with zero attached hydrogens (tertiary/aromatic N) is 2. The highest BCUT2D eigenvalue weighted by Crippen LogP contribution is 2.05. The van der Waals surface area contributed by atoms with Gasteiger partial charge in [-0.1, -0.05) is 13.3 Å². The van der Waals surface area contributed by atoms with Crippen LogP contribution in [0.1, 0.15) is 19.8 Å². The molecular weight excluding hydrogens is 218 g/mol. The number of amides is 2. The van der Waals surface area contributed by atoms with Crippen LogP contribution in [-0.4, -0.2) is 40.7 Å². The molecule has 0 saturated carbocycles. The summed E-state index contributed by atoms with van der Waals surface area (Å²) in [5, 5.41) is 11.7. The Hall–Kier alpha value is -1.62. The number of aliphatic hydroxyl groups excluding tert-OH is 1. The third kappa shape index (κ3) is 4.82. The average molecular weight is 237 g/mol. The van der Waals surface area contributed by atoms with Crippen molar-refractivity contribution in [2.24, 2.45) is 0 Å². The first-order valence-corrected chi connectivity index (χ1v) is 5.84. The van der Waals surface area contributed by atoms with Crippen LogP contribution in [0.4, 0.5) is 10.5 Å². The van der Waals surface area contributed by atoms with Gasteiger partial charge in [0, 0.05) is 31.2 Å². The molecule has 94 valence electrons. The first-order chi connectivity index (χ1) is 8.27. The lowest BCUT2D eigenvalue weighted by atomic mass is 10.3. The van der Waals surface area contributed by atoms with E-state index in [1.54, 1.807) is 29.4 Å². The van der Waals surface area contributed by atoms with Gasteiger partial charge < -0.3 is 15.3 Å². The summed E-state index contributed by atoms with van der Waals surface area (Å²) in [5.41, 5.74) is 0.712. The second-order valence-corrected chi connectivity index (χ2v) is 3.73. The maximum Gasteiger partial charge on any atom is 0.321 e. The predicted octanol–water partition coefficient (Wildman–Crippen LogP) is 1.71. The van der Waals surface area contributed by atoms with Crippen molar-refractivity contribution < 1.29 is 9.90 Å². The van der Waals surface area contributed by atoms with Crippen molar-refractivity contribution in [1.82, 2.24) is 9.88 Å². The van der Waals surface area contributed by atoms with Gasteiger partial charge in [0.1, 0.15) is 0 Å². The summed E-state index contributed by atoms with van der Waals surface area (Å²) in [6, 6.07) is 3.28. The maximum atomic E-state index is 11.9. The number of anilines is 1. The van der Waals surface area contributed by atoms with Gasteiger partial charge in [-0.3, -0.25) is 4.98 Å². The van der Waals surface area contributed by atoms with Crippen molar-refractivity contribution in [2.75, 3.05) is 25.0 Å². The lowest BCUT2D eigenvalue weighted by molar-refractivity contribution is 0.187. The molecule has 1 aromatic rings. The standard InChI is InChI=1S/C12H19N3O2/c1-2-3-8-15(9-10-16)12(17)14-11-4-6-13-7-5-11/h4-7,16H,2-3,8-10H2,1H3,(H,13,14,17). The van der Waals surface area contributed by atoms with E-state index in [0.717, 1.165) is 12.8 Å². The smallest absolute Gasteiger partial charge is 0.321 e. The number of rotatable bonds is 6. The van der Waals surface area contributed by atoms with Gasteiger partial charge in [0.05, 0.1) is 6.61 Å². The van der Waals surface area contributed by atoms with E-state index < -0.39 is 0 Å². The Kier molecular flexibility index (Phi) is 6.03. The fourth-order valence-corrected chi connectivity index (χ4v) is 1.42. The summed E-state index contributed by atoms with van der Waals surface area (Å²) in [5.74, 6) is 0. The highest BCUT2D eigenvalue weighted by Gasteiger charge is 2.11. The minimum Gasteiger partial charge on any atom is -0.395 e. The molecule has 0 saturated heterocycles. The van der Waals surface area contributed by atoms with Gasteiger partial charge in [-0.2, -0.15) is 0 Å². The molecular formula is C12H19N3O2. The molecule has 1 heterocycles. The van der Waals surface area contributed by atoms with Gasteiger partial charge >= 0.3 is 6.03 Å². The van der Waals surface area contributed by atoms with Crippen LogP contribution in [0.15, 0.2) is 24.5 Å². The number of urea groups is 1. The number of pyridine rings is 1. The van der Waals surface area contributed by atoms with Crippen LogP contribution < -0.4 is 5.32 Å². The molecule has 0 spiro atoms. The highest BCUT2D eigenvalue weighted by molar-refractivity contribution is 5.89. The molecule has 5 heteroatoms. The number of nitrogens with one attached hydrogen (secondary N) is 1. The number of unbranched alkanes of at least 4 members (excludes halogenated alkanes) is 1. The molecule has 0 unspecified atom stereocenters. The van der Waals surface area contributed by atoms with E-state index in [1.165, 1.54) is 0 Å². The second kappa shape index (κ2) is 7.62. The third-order valence-corrected chi connectivity index (χ3v) is 2.37. The molecule has 0 radical (unpaired) electrons. The van der Waals surface area contributed by atoms with E-state index in [-0.39, 0.29) is 12.6 Å². The van der Waals surface area contributed by atoms with Crippen molar-refractivity contribution in [3.63, 3.8) is 0 Å². The van der Waals surface area contributed by atoms with Crippen LogP contribution in [0.2, 0.25) is 0 Å². The van der Waals surface area contributed by atoms with Gasteiger partial charge in [0.2, 0.25) is 0 Å². The third-order valence-electron chi connectivity index (χ3n) is 2.37. The van der Waals surface area contributed by atoms with Gasteiger partial charge in [0.15, 0.2) is 0 Å². The SMILES string of the molecule is CCCCN(CCO)C(=O)Nc1ccncc1. The molecule has 17 heavy (non-hydrogen) atoms. The van der Waals surface area contributed by atoms with E-state index in [9.17, 15) is 4.79 Å². The molecule has 0 aliphatic rings. The monoisotopic (exact) mass is 237 g/mol. The number of aromatic nitrogens is 1.